The molecule has 0 unspecified atom stereocenters. The summed E-state index contributed by atoms with van der Waals surface area (Å²) in [6.45, 7) is 0.126. The van der Waals surface area contributed by atoms with E-state index in [1.165, 1.54) is 18.4 Å². The molecule has 1 fully saturated rings. The van der Waals surface area contributed by atoms with Gasteiger partial charge in [-0.1, -0.05) is 35.4 Å². The molecule has 1 aliphatic rings. The number of nitrogens with two attached hydrogens (primary N) is 1. The van der Waals surface area contributed by atoms with E-state index in [0.717, 1.165) is 0 Å². The van der Waals surface area contributed by atoms with E-state index in [4.69, 9.17) is 17.0 Å². The second kappa shape index (κ2) is 6.97. The van der Waals surface area contributed by atoms with Crippen molar-refractivity contribution in [2.45, 2.75) is 18.8 Å². The highest BCUT2D eigenvalue weighted by Crippen LogP contribution is 2.40. The van der Waals surface area contributed by atoms with Crippen LogP contribution in [0.3, 0.4) is 0 Å². The summed E-state index contributed by atoms with van der Waals surface area (Å²) in [5.74, 6) is 8.52. The molecule has 3 rings (SSSR count). The van der Waals surface area contributed by atoms with Crippen molar-refractivity contribution >= 4 is 11.5 Å². The highest BCUT2D eigenvalue weighted by atomic mass is 16.5. The van der Waals surface area contributed by atoms with Crippen LogP contribution in [0.1, 0.15) is 40.2 Å². The molecule has 0 spiro atoms. The molecule has 0 saturated heterocycles. The van der Waals surface area contributed by atoms with Crippen LogP contribution >= 0.6 is 0 Å². The maximum absolute atomic E-state index is 12.8. The molecular formula is C19H17N3O2. The first-order chi connectivity index (χ1) is 11.7. The Bertz CT molecular complexity index is 815. The van der Waals surface area contributed by atoms with Crippen molar-refractivity contribution in [2.24, 2.45) is 16.2 Å². The van der Waals surface area contributed by atoms with Gasteiger partial charge in [0.15, 0.2) is 5.78 Å². The first-order valence-electron chi connectivity index (χ1n) is 7.69. The van der Waals surface area contributed by atoms with E-state index in [2.05, 4.69) is 16.3 Å². The van der Waals surface area contributed by atoms with Crippen molar-refractivity contribution in [1.29, 1.82) is 0 Å². The summed E-state index contributed by atoms with van der Waals surface area (Å²) in [5.41, 5.74) is 2.63. The zero-order valence-corrected chi connectivity index (χ0v) is 13.1. The molecule has 0 radical (unpaired) electrons. The molecule has 0 amide bonds. The van der Waals surface area contributed by atoms with E-state index < -0.39 is 0 Å². The van der Waals surface area contributed by atoms with Gasteiger partial charge >= 0.3 is 0 Å². The van der Waals surface area contributed by atoms with Gasteiger partial charge in [0.2, 0.25) is 0 Å². The number of terminal acetylenes is 1. The molecule has 24 heavy (non-hydrogen) atoms. The van der Waals surface area contributed by atoms with Gasteiger partial charge in [-0.2, -0.15) is 0 Å². The van der Waals surface area contributed by atoms with Crippen molar-refractivity contribution in [2.75, 3.05) is 6.61 Å². The first kappa shape index (κ1) is 15.8. The molecule has 1 saturated carbocycles. The molecule has 2 N–H and O–H groups in total. The van der Waals surface area contributed by atoms with E-state index in [9.17, 15) is 4.79 Å². The van der Waals surface area contributed by atoms with Crippen LogP contribution < -0.4 is 10.6 Å². The topological polar surface area (TPSA) is 77.0 Å². The number of ketones is 1. The van der Waals surface area contributed by atoms with E-state index in [-0.39, 0.29) is 12.4 Å². The quantitative estimate of drug-likeness (QED) is 0.289. The summed E-state index contributed by atoms with van der Waals surface area (Å²) in [5, 5.41) is 7.10. The Morgan fingerprint density at radius 3 is 2.62 bits per heavy atom. The van der Waals surface area contributed by atoms with E-state index in [0.29, 0.717) is 28.5 Å². The van der Waals surface area contributed by atoms with Gasteiger partial charge in [-0.25, -0.2) is 0 Å². The summed E-state index contributed by atoms with van der Waals surface area (Å²) >= 11 is 0. The standard InChI is InChI=1S/C19H17N3O2/c1-2-11-24-16-9-10-18(21-22-20)17(12-16)19(23)15-7-5-14(6-8-15)13-3-4-13/h1,5-10,12-13H,3-4,11H2,(H2,20,21). The molecule has 0 heterocycles. The molecule has 0 bridgehead atoms. The highest BCUT2D eigenvalue weighted by Gasteiger charge is 2.23. The zero-order chi connectivity index (χ0) is 16.9. The predicted molar refractivity (Wildman–Crippen MR) is 91.3 cm³/mol. The third kappa shape index (κ3) is 3.44. The average Bonchev–Trinajstić information content (AvgIpc) is 3.46. The van der Waals surface area contributed by atoms with Gasteiger partial charge in [-0.15, -0.1) is 11.5 Å². The normalized spacial score (nSPS) is 13.6. The van der Waals surface area contributed by atoms with Crippen molar-refractivity contribution in [3.8, 4) is 18.1 Å². The number of hydrogen-bond donors (Lipinski definition) is 1. The number of ether oxygens (including phenoxy) is 1. The zero-order valence-electron chi connectivity index (χ0n) is 13.1. The highest BCUT2D eigenvalue weighted by molar-refractivity contribution is 6.12. The molecule has 1 aliphatic carbocycles. The van der Waals surface area contributed by atoms with Crippen molar-refractivity contribution in [3.05, 3.63) is 59.2 Å². The Balaban J connectivity index is 1.92. The minimum Gasteiger partial charge on any atom is -0.481 e. The first-order valence-corrected chi connectivity index (χ1v) is 7.69. The number of hydrogen-bond acceptors (Lipinski definition) is 4. The summed E-state index contributed by atoms with van der Waals surface area (Å²) in [7, 11) is 0. The SMILES string of the molecule is C#CCOc1ccc(N=NN)c(C(=O)c2ccc(C3CC3)cc2)c1. The van der Waals surface area contributed by atoms with Crippen LogP contribution in [0.25, 0.3) is 0 Å². The van der Waals surface area contributed by atoms with Crippen LogP contribution in [0.5, 0.6) is 5.75 Å². The van der Waals surface area contributed by atoms with Crippen LogP contribution in [0.15, 0.2) is 52.8 Å². The lowest BCUT2D eigenvalue weighted by Gasteiger charge is -2.08. The Labute approximate surface area is 140 Å². The predicted octanol–water partition coefficient (Wildman–Crippen LogP) is 3.76. The van der Waals surface area contributed by atoms with E-state index in [1.54, 1.807) is 18.2 Å². The average molecular weight is 319 g/mol. The number of rotatable bonds is 6. The number of carbonyl (C=O) groups is 1. The maximum Gasteiger partial charge on any atom is 0.195 e. The van der Waals surface area contributed by atoms with Gasteiger partial charge in [0, 0.05) is 5.56 Å². The third-order valence-corrected chi connectivity index (χ3v) is 3.92. The Kier molecular flexibility index (Phi) is 4.57. The smallest absolute Gasteiger partial charge is 0.195 e. The molecule has 0 aliphatic heterocycles. The summed E-state index contributed by atoms with van der Waals surface area (Å²) in [6.07, 6.45) is 7.64. The van der Waals surface area contributed by atoms with Crippen LogP contribution in [-0.2, 0) is 0 Å². The van der Waals surface area contributed by atoms with Crippen LogP contribution in [0.4, 0.5) is 5.69 Å². The van der Waals surface area contributed by atoms with Gasteiger partial charge in [0.1, 0.15) is 12.4 Å². The lowest BCUT2D eigenvalue weighted by molar-refractivity contribution is 0.103. The van der Waals surface area contributed by atoms with E-state index >= 15 is 0 Å². The third-order valence-electron chi connectivity index (χ3n) is 3.92. The molecule has 5 nitrogen and oxygen atoms in total. The van der Waals surface area contributed by atoms with Gasteiger partial charge < -0.3 is 10.6 Å². The minimum atomic E-state index is -0.161. The largest absolute Gasteiger partial charge is 0.481 e. The Hall–Kier alpha value is -3.13. The van der Waals surface area contributed by atoms with Gasteiger partial charge in [-0.3, -0.25) is 4.79 Å². The maximum atomic E-state index is 12.8. The van der Waals surface area contributed by atoms with Crippen molar-refractivity contribution in [3.63, 3.8) is 0 Å². The number of benzene rings is 2. The van der Waals surface area contributed by atoms with Crippen LogP contribution in [-0.4, -0.2) is 12.4 Å². The second-order valence-electron chi connectivity index (χ2n) is 5.61. The Morgan fingerprint density at radius 2 is 2.00 bits per heavy atom. The number of carbonyl (C=O) groups excluding carboxylic acids is 1. The molecule has 2 aromatic rings. The summed E-state index contributed by atoms with van der Waals surface area (Å²) in [6, 6.07) is 12.6. The molecule has 0 aromatic heterocycles. The van der Waals surface area contributed by atoms with Gasteiger partial charge in [-0.05, 0) is 42.5 Å². The van der Waals surface area contributed by atoms with Crippen molar-refractivity contribution in [1.82, 2.24) is 0 Å². The fraction of sp³-hybridized carbons (Fsp3) is 0.211. The van der Waals surface area contributed by atoms with Crippen molar-refractivity contribution < 1.29 is 9.53 Å². The molecule has 5 heteroatoms. The van der Waals surface area contributed by atoms with Crippen LogP contribution in [0.2, 0.25) is 0 Å². The number of nitrogens with zero attached hydrogens (tertiary/aromatic N) is 2. The van der Waals surface area contributed by atoms with Gasteiger partial charge in [0.25, 0.3) is 0 Å². The summed E-state index contributed by atoms with van der Waals surface area (Å²) in [4.78, 5) is 12.8. The monoisotopic (exact) mass is 319 g/mol. The minimum absolute atomic E-state index is 0.126. The molecule has 120 valence electrons. The molecule has 0 atom stereocenters. The van der Waals surface area contributed by atoms with E-state index in [1.807, 2.05) is 24.3 Å². The molecular weight excluding hydrogens is 302 g/mol. The summed E-state index contributed by atoms with van der Waals surface area (Å²) < 4.78 is 5.38. The lowest BCUT2D eigenvalue weighted by Crippen LogP contribution is -2.03. The fourth-order valence-electron chi connectivity index (χ4n) is 2.54. The Morgan fingerprint density at radius 1 is 1.25 bits per heavy atom. The van der Waals surface area contributed by atoms with Crippen LogP contribution in [0, 0.1) is 12.3 Å². The molecule has 2 aromatic carbocycles. The second-order valence-corrected chi connectivity index (χ2v) is 5.61. The fourth-order valence-corrected chi connectivity index (χ4v) is 2.54. The van der Waals surface area contributed by atoms with Gasteiger partial charge in [0.05, 0.1) is 11.3 Å². The lowest BCUT2D eigenvalue weighted by atomic mass is 9.99.